The molecule has 0 fully saturated rings. The van der Waals surface area contributed by atoms with E-state index < -0.39 is 19.1 Å². The molecule has 3 atom stereocenters. The predicted molar refractivity (Wildman–Crippen MR) is 85.5 cm³/mol. The SMILES string of the molecule is CNC(C(=O)O)C(CN)CC[C@H](C)CCB(O)O.Cl.Cl. The van der Waals surface area contributed by atoms with E-state index in [1.165, 1.54) is 0 Å². The summed E-state index contributed by atoms with van der Waals surface area (Å²) in [6.07, 6.45) is 2.62. The molecule has 0 saturated heterocycles. The number of carboxylic acids is 1. The van der Waals surface area contributed by atoms with Crippen molar-refractivity contribution in [2.24, 2.45) is 17.6 Å². The van der Waals surface area contributed by atoms with Crippen LogP contribution in [0.25, 0.3) is 0 Å². The summed E-state index contributed by atoms with van der Waals surface area (Å²) in [4.78, 5) is 11.0. The van der Waals surface area contributed by atoms with Crippen molar-refractivity contribution in [3.63, 3.8) is 0 Å². The van der Waals surface area contributed by atoms with Crippen LogP contribution in [-0.4, -0.2) is 47.9 Å². The second-order valence-corrected chi connectivity index (χ2v) is 4.84. The topological polar surface area (TPSA) is 116 Å². The molecule has 0 saturated carbocycles. The molecule has 0 aliphatic carbocycles. The van der Waals surface area contributed by atoms with E-state index in [2.05, 4.69) is 5.32 Å². The van der Waals surface area contributed by atoms with Gasteiger partial charge in [-0.1, -0.05) is 19.8 Å². The van der Waals surface area contributed by atoms with Crippen LogP contribution in [0.5, 0.6) is 0 Å². The van der Waals surface area contributed by atoms with E-state index in [0.29, 0.717) is 25.2 Å². The summed E-state index contributed by atoms with van der Waals surface area (Å²) in [5.41, 5.74) is 5.61. The van der Waals surface area contributed by atoms with Crippen molar-refractivity contribution >= 4 is 37.9 Å². The van der Waals surface area contributed by atoms with Gasteiger partial charge >= 0.3 is 13.1 Å². The Hall–Kier alpha value is -0.0451. The van der Waals surface area contributed by atoms with Gasteiger partial charge in [-0.25, -0.2) is 0 Å². The lowest BCUT2D eigenvalue weighted by molar-refractivity contribution is -0.140. The molecule has 122 valence electrons. The maximum atomic E-state index is 11.0. The number of hydrogen-bond donors (Lipinski definition) is 5. The molecule has 20 heavy (non-hydrogen) atoms. The second-order valence-electron chi connectivity index (χ2n) is 4.84. The van der Waals surface area contributed by atoms with Crippen LogP contribution in [0.1, 0.15) is 26.2 Å². The highest BCUT2D eigenvalue weighted by Crippen LogP contribution is 2.19. The summed E-state index contributed by atoms with van der Waals surface area (Å²) in [6.45, 7) is 2.35. The zero-order valence-corrected chi connectivity index (χ0v) is 13.6. The quantitative estimate of drug-likeness (QED) is 0.369. The fourth-order valence-corrected chi connectivity index (χ4v) is 2.06. The Morgan fingerprint density at radius 1 is 1.25 bits per heavy atom. The molecule has 2 unspecified atom stereocenters. The minimum atomic E-state index is -1.26. The van der Waals surface area contributed by atoms with Gasteiger partial charge in [0, 0.05) is 0 Å². The first-order valence-electron chi connectivity index (χ1n) is 6.38. The Morgan fingerprint density at radius 3 is 2.15 bits per heavy atom. The second kappa shape index (κ2) is 13.9. The van der Waals surface area contributed by atoms with Gasteiger partial charge in [-0.2, -0.15) is 0 Å². The lowest BCUT2D eigenvalue weighted by atomic mass is 9.79. The average Bonchev–Trinajstić information content (AvgIpc) is 2.31. The molecule has 0 bridgehead atoms. The molecule has 0 amide bonds. The number of rotatable bonds is 10. The van der Waals surface area contributed by atoms with Gasteiger partial charge in [0.1, 0.15) is 6.04 Å². The van der Waals surface area contributed by atoms with Crippen LogP contribution in [0.2, 0.25) is 6.32 Å². The highest BCUT2D eigenvalue weighted by Gasteiger charge is 2.25. The zero-order chi connectivity index (χ0) is 14.1. The highest BCUT2D eigenvalue weighted by atomic mass is 35.5. The van der Waals surface area contributed by atoms with Crippen LogP contribution < -0.4 is 11.1 Å². The molecule has 0 radical (unpaired) electrons. The normalized spacial score (nSPS) is 14.4. The molecule has 0 spiro atoms. The Morgan fingerprint density at radius 2 is 1.80 bits per heavy atom. The van der Waals surface area contributed by atoms with Gasteiger partial charge in [-0.3, -0.25) is 4.79 Å². The van der Waals surface area contributed by atoms with Gasteiger partial charge in [0.05, 0.1) is 0 Å². The van der Waals surface area contributed by atoms with Crippen molar-refractivity contribution in [1.82, 2.24) is 5.32 Å². The van der Waals surface area contributed by atoms with Crippen molar-refractivity contribution in [1.29, 1.82) is 0 Å². The minimum Gasteiger partial charge on any atom is -0.480 e. The van der Waals surface area contributed by atoms with Crippen LogP contribution in [0, 0.1) is 11.8 Å². The Bertz CT molecular complexity index is 250. The van der Waals surface area contributed by atoms with Crippen LogP contribution in [0.3, 0.4) is 0 Å². The number of carboxylic acid groups (broad SMARTS) is 1. The number of likely N-dealkylation sites (N-methyl/N-ethyl adjacent to an activating group) is 1. The molecule has 0 rings (SSSR count). The highest BCUT2D eigenvalue weighted by molar-refractivity contribution is 6.40. The fraction of sp³-hybridized carbons (Fsp3) is 0.909. The molecular weight excluding hydrogens is 306 g/mol. The van der Waals surface area contributed by atoms with E-state index in [-0.39, 0.29) is 30.7 Å². The third-order valence-corrected chi connectivity index (χ3v) is 3.30. The maximum Gasteiger partial charge on any atom is 0.451 e. The first-order valence-corrected chi connectivity index (χ1v) is 6.38. The molecular formula is C11H27BCl2N2O4. The summed E-state index contributed by atoms with van der Waals surface area (Å²) in [5, 5.41) is 29.3. The van der Waals surface area contributed by atoms with Gasteiger partial charge < -0.3 is 26.2 Å². The average molecular weight is 333 g/mol. The van der Waals surface area contributed by atoms with E-state index in [1.807, 2.05) is 6.92 Å². The third-order valence-electron chi connectivity index (χ3n) is 3.30. The first kappa shape index (κ1) is 24.9. The Kier molecular flexibility index (Phi) is 17.4. The molecule has 0 aliphatic rings. The molecule has 0 aromatic carbocycles. The molecule has 6 nitrogen and oxygen atoms in total. The van der Waals surface area contributed by atoms with Gasteiger partial charge in [0.2, 0.25) is 0 Å². The smallest absolute Gasteiger partial charge is 0.451 e. The Balaban J connectivity index is -0.00000144. The molecule has 0 aromatic rings. The van der Waals surface area contributed by atoms with E-state index >= 15 is 0 Å². The summed E-state index contributed by atoms with van der Waals surface area (Å²) in [7, 11) is 0.356. The van der Waals surface area contributed by atoms with E-state index in [4.69, 9.17) is 20.9 Å². The summed E-state index contributed by atoms with van der Waals surface area (Å²) in [6, 6.07) is -0.620. The van der Waals surface area contributed by atoms with Crippen molar-refractivity contribution in [3.8, 4) is 0 Å². The maximum absolute atomic E-state index is 11.0. The van der Waals surface area contributed by atoms with Gasteiger partial charge in [-0.15, -0.1) is 24.8 Å². The predicted octanol–water partition coefficient (Wildman–Crippen LogP) is 0.357. The van der Waals surface area contributed by atoms with E-state index in [1.54, 1.807) is 7.05 Å². The van der Waals surface area contributed by atoms with Crippen molar-refractivity contribution in [3.05, 3.63) is 0 Å². The molecule has 0 aliphatic heterocycles. The number of carbonyl (C=O) groups is 1. The number of nitrogens with two attached hydrogens (primary N) is 1. The van der Waals surface area contributed by atoms with E-state index in [9.17, 15) is 4.79 Å². The molecule has 0 aromatic heterocycles. The van der Waals surface area contributed by atoms with Crippen LogP contribution in [0.4, 0.5) is 0 Å². The summed E-state index contributed by atoms with van der Waals surface area (Å²) >= 11 is 0. The number of aliphatic carboxylic acids is 1. The van der Waals surface area contributed by atoms with Gasteiger partial charge in [0.25, 0.3) is 0 Å². The van der Waals surface area contributed by atoms with Crippen molar-refractivity contribution in [2.75, 3.05) is 13.6 Å². The number of halogens is 2. The van der Waals surface area contributed by atoms with E-state index in [0.717, 1.165) is 12.8 Å². The summed E-state index contributed by atoms with van der Waals surface area (Å²) in [5.74, 6) is -0.660. The van der Waals surface area contributed by atoms with Crippen LogP contribution in [-0.2, 0) is 4.79 Å². The molecule has 9 heteroatoms. The van der Waals surface area contributed by atoms with Crippen LogP contribution >= 0.6 is 24.8 Å². The minimum absolute atomic E-state index is 0. The van der Waals surface area contributed by atoms with Crippen molar-refractivity contribution < 1.29 is 19.9 Å². The monoisotopic (exact) mass is 332 g/mol. The van der Waals surface area contributed by atoms with Crippen molar-refractivity contribution in [2.45, 2.75) is 38.5 Å². The van der Waals surface area contributed by atoms with Crippen LogP contribution in [0.15, 0.2) is 0 Å². The zero-order valence-electron chi connectivity index (χ0n) is 12.0. The lowest BCUT2D eigenvalue weighted by Crippen LogP contribution is -2.44. The fourth-order valence-electron chi connectivity index (χ4n) is 2.06. The van der Waals surface area contributed by atoms with Gasteiger partial charge in [-0.05, 0) is 38.2 Å². The van der Waals surface area contributed by atoms with Gasteiger partial charge in [0.15, 0.2) is 0 Å². The summed E-state index contributed by atoms with van der Waals surface area (Å²) < 4.78 is 0. The number of nitrogens with one attached hydrogen (secondary N) is 1. The lowest BCUT2D eigenvalue weighted by Gasteiger charge is -2.23. The molecule has 6 N–H and O–H groups in total. The first-order chi connectivity index (χ1) is 8.42. The Labute approximate surface area is 133 Å². The third kappa shape index (κ3) is 10.7. The number of hydrogen-bond acceptors (Lipinski definition) is 5. The standard InChI is InChI=1S/C11H25BN2O4.2ClH/c1-8(5-6-12(17)18)3-4-9(7-13)10(14-2)11(15)16;;/h8-10,14,17-18H,3-7,13H2,1-2H3,(H,15,16);2*1H/t8-,9?,10?;;/m0../s1. The largest absolute Gasteiger partial charge is 0.480 e. The molecule has 0 heterocycles.